The highest BCUT2D eigenvalue weighted by atomic mass is 28.4. The van der Waals surface area contributed by atoms with Crippen LogP contribution in [0.1, 0.15) is 451 Å². The first-order valence-corrected chi connectivity index (χ1v) is 103. The average Bonchev–Trinajstić information content (AvgIpc) is 0.825. The Kier molecular flexibility index (Phi) is 85.1. The van der Waals surface area contributed by atoms with Gasteiger partial charge in [0.15, 0.2) is 0 Å². The molecule has 0 rings (SSSR count). The Morgan fingerprint density at radius 2 is 0.216 bits per heavy atom. The molecule has 16 heteroatoms. The van der Waals surface area contributed by atoms with E-state index >= 15 is 0 Å². The molecule has 0 aliphatic rings. The van der Waals surface area contributed by atoms with Gasteiger partial charge in [-0.3, -0.25) is 4.79 Å². The Morgan fingerprint density at radius 3 is 0.288 bits per heavy atom. The van der Waals surface area contributed by atoms with Gasteiger partial charge in [0.1, 0.15) is 0 Å². The van der Waals surface area contributed by atoms with E-state index in [2.05, 4.69) is 192 Å². The van der Waals surface area contributed by atoms with Crippen LogP contribution >= 0.6 is 0 Å². The van der Waals surface area contributed by atoms with E-state index in [0.717, 1.165) is 6.54 Å². The smallest absolute Gasteiger partial charge is 0.236 e. The van der Waals surface area contributed by atoms with E-state index in [1.165, 1.54) is 186 Å². The first kappa shape index (κ1) is 141. The van der Waals surface area contributed by atoms with Crippen molar-refractivity contribution in [2.75, 3.05) is 6.54 Å². The van der Waals surface area contributed by atoms with Gasteiger partial charge >= 0.3 is 0 Å². The molecule has 834 valence electrons. The van der Waals surface area contributed by atoms with Crippen molar-refractivity contribution in [3.63, 3.8) is 0 Å². The minimum atomic E-state index is -2.09. The highest BCUT2D eigenvalue weighted by molar-refractivity contribution is 6.87. The van der Waals surface area contributed by atoms with Gasteiger partial charge < -0.3 is 11.1 Å². The number of nitrogens with one attached hydrogen (secondary N) is 1. The lowest BCUT2D eigenvalue weighted by molar-refractivity contribution is -0.121. The van der Waals surface area contributed by atoms with Crippen LogP contribution in [0.15, 0.2) is 0 Å². The van der Waals surface area contributed by atoms with Gasteiger partial charge in [-0.15, -0.1) is 0 Å². The van der Waals surface area contributed by atoms with Crippen LogP contribution in [-0.2, 0) is 4.79 Å². The molecule has 0 saturated heterocycles. The van der Waals surface area contributed by atoms with Crippen molar-refractivity contribution in [3.8, 4) is 0 Å². The van der Waals surface area contributed by atoms with E-state index in [1.807, 2.05) is 6.92 Å². The van der Waals surface area contributed by atoms with Crippen LogP contribution in [0.5, 0.6) is 0 Å². The van der Waals surface area contributed by atoms with Gasteiger partial charge in [-0.2, -0.15) is 0 Å². The van der Waals surface area contributed by atoms with E-state index in [0.29, 0.717) is 0 Å². The summed E-state index contributed by atoms with van der Waals surface area (Å²) in [5, 5.41) is 3.66. The van der Waals surface area contributed by atoms with Crippen LogP contribution in [-0.4, -0.2) is 123 Å². The van der Waals surface area contributed by atoms with Crippen LogP contribution in [0, 0.1) is 0 Å². The van der Waals surface area contributed by atoms with E-state index in [9.17, 15) is 4.79 Å². The van der Waals surface area contributed by atoms with Gasteiger partial charge in [-0.25, -0.2) is 0 Å². The molecule has 0 radical (unpaired) electrons. The molecule has 0 spiro atoms. The topological polar surface area (TPSA) is 55.1 Å². The number of nitrogens with two attached hydrogens (primary N) is 1. The van der Waals surface area contributed by atoms with E-state index in [4.69, 9.17) is 5.73 Å². The number of rotatable bonds is 107. The van der Waals surface area contributed by atoms with Crippen molar-refractivity contribution in [1.82, 2.24) is 5.32 Å². The van der Waals surface area contributed by atoms with Gasteiger partial charge in [0.25, 0.3) is 0 Å². The second kappa shape index (κ2) is 83.7. The monoisotopic (exact) mass is 2160 g/mol. The summed E-state index contributed by atoms with van der Waals surface area (Å²) in [5.74, 6) is 0.111. The molecule has 1 amide bonds. The summed E-state index contributed by atoms with van der Waals surface area (Å²) in [7, 11) is -20.1. The molecule has 0 aliphatic heterocycles. The van der Waals surface area contributed by atoms with Gasteiger partial charge in [0.05, 0.1) is 111 Å². The van der Waals surface area contributed by atoms with Gasteiger partial charge in [-0.05, 0) is 13.3 Å². The summed E-state index contributed by atoms with van der Waals surface area (Å²) in [5.41, 5.74) is 6.68. The molecule has 3 nitrogen and oxygen atoms in total. The normalized spacial score (nSPS) is 13.7. The number of amides is 1. The van der Waals surface area contributed by atoms with Crippen molar-refractivity contribution in [2.45, 2.75) is 771 Å². The summed E-state index contributed by atoms with van der Waals surface area (Å²) in [4.78, 5) is 14.2. The van der Waals surface area contributed by atoms with E-state index in [-0.39, 0.29) is 5.91 Å². The number of hydrogen-bond donors (Lipinski definition) is 2. The molecular formula is C123H274N2OSi13. The molecular weight excluding hydrogens is 1890 g/mol. The minimum Gasteiger partial charge on any atom is -0.355 e. The molecule has 0 fully saturated rings. The van der Waals surface area contributed by atoms with E-state index in [1.54, 1.807) is 385 Å². The van der Waals surface area contributed by atoms with Crippen LogP contribution in [0.2, 0.25) is 314 Å². The highest BCUT2D eigenvalue weighted by Crippen LogP contribution is 2.51. The first-order valence-electron chi connectivity index (χ1n) is 66.0. The second-order valence-electron chi connectivity index (χ2n) is 52.2. The molecule has 0 unspecified atom stereocenters. The van der Waals surface area contributed by atoms with Gasteiger partial charge in [-0.1, -0.05) is 752 Å². The third kappa shape index (κ3) is 56.3. The zero-order valence-corrected chi connectivity index (χ0v) is 116. The number of hydrogen-bond acceptors (Lipinski definition) is 2. The summed E-state index contributed by atoms with van der Waals surface area (Å²) in [6, 6.07) is 84.4. The predicted octanol–water partition coefficient (Wildman–Crippen LogP) is 47.4. The lowest BCUT2D eigenvalue weighted by Crippen LogP contribution is -2.42. The summed E-state index contributed by atoms with van der Waals surface area (Å²) >= 11 is 0. The molecule has 3 N–H and O–H groups in total. The Morgan fingerprint density at radius 1 is 0.144 bits per heavy atom. The fraction of sp³-hybridized carbons (Fsp3) is 0.992. The molecule has 1 atom stereocenters. The van der Waals surface area contributed by atoms with Crippen LogP contribution in [0.25, 0.3) is 0 Å². The minimum absolute atomic E-state index is 0.111. The highest BCUT2D eigenvalue weighted by Gasteiger charge is 2.46. The summed E-state index contributed by atoms with van der Waals surface area (Å²) < 4.78 is 0. The maximum atomic E-state index is 14.2. The van der Waals surface area contributed by atoms with Crippen molar-refractivity contribution in [3.05, 3.63) is 0 Å². The maximum Gasteiger partial charge on any atom is 0.236 e. The molecule has 139 heavy (non-hydrogen) atoms. The Labute approximate surface area is 896 Å². The average molecular weight is 2160 g/mol. The van der Waals surface area contributed by atoms with Gasteiger partial charge in [0, 0.05) is 6.54 Å². The zero-order chi connectivity index (χ0) is 104. The van der Waals surface area contributed by atoms with Crippen LogP contribution in [0.3, 0.4) is 0 Å². The zero-order valence-electron chi connectivity index (χ0n) is 103. The fourth-order valence-electron chi connectivity index (χ4n) is 35.0. The largest absolute Gasteiger partial charge is 0.355 e. The quantitative estimate of drug-likeness (QED) is 0.0471. The first-order chi connectivity index (χ1) is 67.0. The Balaban J connectivity index is 10.9. The number of carbonyl (C=O) groups excluding carboxylic acids is 1. The molecule has 0 aromatic heterocycles. The summed E-state index contributed by atoms with van der Waals surface area (Å²) in [6.45, 7) is 73.1. The number of carbonyl (C=O) groups is 1. The lowest BCUT2D eigenvalue weighted by atomic mass is 10.3. The lowest BCUT2D eigenvalue weighted by Gasteiger charge is -2.41. The van der Waals surface area contributed by atoms with Crippen LogP contribution in [0.4, 0.5) is 0 Å². The second-order valence-corrected chi connectivity index (χ2v) is 117. The molecule has 0 aliphatic carbocycles. The van der Waals surface area contributed by atoms with E-state index < -0.39 is 111 Å². The molecule has 0 saturated carbocycles. The molecule has 0 bridgehead atoms. The standard InChI is InChI=1S/C123H274N2OSi13/c1-29-70-127(71-30-2,72-31-3)98-57-110-137(111-58-99-128(73-32-4,74-33-5)75-34-6,112-59-100-129(76-35-7,77-36-8)78-37-9)119-66-107-136(97-56-69-125-123(126)122(28)124,108-67-120-138(113-60-101-130(79-38-10,80-39-11)81-40-12,114-61-102-131(82-41-13,83-42-14)84-43-15)115-62-103-132(85-44-16,86-45-17)87-46-18)109-68-121-139(116-63-104-133(88-47-19,89-48-20)90-49-21,117-64-105-134(91-50-22,92-51-23)93-52-24)118-65-106-135(94-53-25,95-54-26)96-55-27/h122H,29-121,124H2,1-28H3,(H,125,126)/t122-/m0/s1. The molecule has 0 aromatic rings. The summed E-state index contributed by atoms with van der Waals surface area (Å²) in [6.07, 6.45) is 59.0. The maximum absolute atomic E-state index is 14.2. The SMILES string of the molecule is CCC[Si](CCC)(CCC)CCC[Si](CCC[Si](CCC)(CCC)CCC)(CCC[Si](CCC)(CCC)CCC)CCC[Si](CCCNC(=O)[C@H](C)N)(CCC[Si](CCC[Si](CCC)(CCC)CCC)(CCC[Si](CCC)(CCC)CCC)CCC[Si](CCC)(CCC)CCC)CCC[Si](CCC[Si](CCC)(CCC)CCC)(CCC[Si](CCC)(CCC)CCC)CCC[Si](CCC)(CCC)CCC. The third-order valence-corrected chi connectivity index (χ3v) is 117. The fourth-order valence-corrected chi connectivity index (χ4v) is 111. The van der Waals surface area contributed by atoms with Crippen molar-refractivity contribution in [1.29, 1.82) is 0 Å². The van der Waals surface area contributed by atoms with Crippen LogP contribution < -0.4 is 11.1 Å². The predicted molar refractivity (Wildman–Crippen MR) is 689 cm³/mol. The van der Waals surface area contributed by atoms with Gasteiger partial charge in [0.2, 0.25) is 5.91 Å². The van der Waals surface area contributed by atoms with Crippen molar-refractivity contribution >= 4 is 111 Å². The third-order valence-electron chi connectivity index (χ3n) is 39.6. The van der Waals surface area contributed by atoms with Crippen molar-refractivity contribution < 1.29 is 4.79 Å². The van der Waals surface area contributed by atoms with Crippen molar-refractivity contribution in [2.24, 2.45) is 5.73 Å². The Hall–Kier alpha value is 2.25. The molecule has 0 aromatic carbocycles. The molecule has 0 heterocycles. The Bertz CT molecular complexity index is 2110.